The van der Waals surface area contributed by atoms with Crippen LogP contribution in [0, 0.1) is 23.7 Å². The van der Waals surface area contributed by atoms with Crippen molar-refractivity contribution in [2.45, 2.75) is 63.9 Å². The molecule has 1 aliphatic heterocycles. The molecule has 38 heavy (non-hydrogen) atoms. The lowest BCUT2D eigenvalue weighted by atomic mass is 9.60. The number of rotatable bonds is 8. The number of carbonyl (C=O) groups excluding carboxylic acids is 2. The quantitative estimate of drug-likeness (QED) is 0.344. The average Bonchev–Trinajstić information content (AvgIpc) is 3.51. The molecule has 11 nitrogen and oxygen atoms in total. The molecule has 2 aromatic rings. The van der Waals surface area contributed by atoms with E-state index >= 15 is 0 Å². The standard InChI is InChI=1S/C27H35N5O6/c1-3-31-26(36)19-10-9-18-20(12-22(34)25(35)23(18)24(19)27(31)37)29-38-15(2)21-13-32(30-28-21)17(14-33)11-16-7-5-4-6-8-16/h4-8,13,15,17-19,22-25,33-35H,3,9-12,14H2,1-2H3/b29-20+/t15-,17+,18+,19-,22-,23+,24-,25-/m1/s1. The van der Waals surface area contributed by atoms with Crippen LogP contribution in [0.2, 0.25) is 0 Å². The summed E-state index contributed by atoms with van der Waals surface area (Å²) in [6.45, 7) is 3.74. The first kappa shape index (κ1) is 26.5. The number of aliphatic hydroxyl groups excluding tert-OH is 3. The van der Waals surface area contributed by atoms with Crippen LogP contribution in [0.5, 0.6) is 0 Å². The van der Waals surface area contributed by atoms with E-state index in [2.05, 4.69) is 15.5 Å². The first-order chi connectivity index (χ1) is 18.3. The Morgan fingerprint density at radius 1 is 1.13 bits per heavy atom. The third kappa shape index (κ3) is 4.74. The number of benzene rings is 1. The second-order valence-electron chi connectivity index (χ2n) is 10.6. The Bertz CT molecular complexity index is 1190. The number of aliphatic hydroxyl groups is 3. The Morgan fingerprint density at radius 3 is 2.58 bits per heavy atom. The molecule has 1 aromatic heterocycles. The van der Waals surface area contributed by atoms with Crippen molar-refractivity contribution in [2.24, 2.45) is 28.8 Å². The zero-order valence-corrected chi connectivity index (χ0v) is 21.6. The van der Waals surface area contributed by atoms with Gasteiger partial charge in [0, 0.05) is 24.8 Å². The summed E-state index contributed by atoms with van der Waals surface area (Å²) < 4.78 is 1.62. The van der Waals surface area contributed by atoms with Crippen molar-refractivity contribution in [1.82, 2.24) is 19.9 Å². The second-order valence-corrected chi connectivity index (χ2v) is 10.6. The summed E-state index contributed by atoms with van der Waals surface area (Å²) in [5.41, 5.74) is 2.19. The summed E-state index contributed by atoms with van der Waals surface area (Å²) in [6, 6.07) is 9.54. The van der Waals surface area contributed by atoms with Gasteiger partial charge >= 0.3 is 0 Å². The lowest BCUT2D eigenvalue weighted by Crippen LogP contribution is -2.54. The molecule has 3 aliphatic rings. The predicted molar refractivity (Wildman–Crippen MR) is 135 cm³/mol. The maximum absolute atomic E-state index is 13.0. The van der Waals surface area contributed by atoms with E-state index in [0.29, 0.717) is 37.2 Å². The molecule has 0 spiro atoms. The molecular weight excluding hydrogens is 490 g/mol. The highest BCUT2D eigenvalue weighted by atomic mass is 16.6. The monoisotopic (exact) mass is 525 g/mol. The zero-order chi connectivity index (χ0) is 27.0. The Kier molecular flexibility index (Phi) is 7.60. The topological polar surface area (TPSA) is 150 Å². The first-order valence-corrected chi connectivity index (χ1v) is 13.3. The molecule has 8 atom stereocenters. The van der Waals surface area contributed by atoms with Crippen molar-refractivity contribution < 1.29 is 29.7 Å². The van der Waals surface area contributed by atoms with Gasteiger partial charge in [0.2, 0.25) is 11.8 Å². The third-order valence-corrected chi connectivity index (χ3v) is 8.36. The highest BCUT2D eigenvalue weighted by molar-refractivity contribution is 6.06. The van der Waals surface area contributed by atoms with Crippen LogP contribution in [0.4, 0.5) is 0 Å². The molecule has 1 aromatic carbocycles. The Labute approximate surface area is 221 Å². The third-order valence-electron chi connectivity index (χ3n) is 8.36. The van der Waals surface area contributed by atoms with Crippen molar-refractivity contribution in [2.75, 3.05) is 13.2 Å². The molecule has 204 valence electrons. The molecule has 11 heteroatoms. The van der Waals surface area contributed by atoms with Gasteiger partial charge in [-0.05, 0) is 38.7 Å². The number of amides is 2. The van der Waals surface area contributed by atoms with E-state index in [0.717, 1.165) is 5.56 Å². The van der Waals surface area contributed by atoms with Crippen LogP contribution < -0.4 is 0 Å². The van der Waals surface area contributed by atoms with E-state index in [4.69, 9.17) is 4.84 Å². The van der Waals surface area contributed by atoms with Crippen molar-refractivity contribution in [3.05, 3.63) is 47.8 Å². The summed E-state index contributed by atoms with van der Waals surface area (Å²) in [5.74, 6) is -2.44. The normalized spacial score (nSPS) is 31.7. The highest BCUT2D eigenvalue weighted by Crippen LogP contribution is 2.49. The molecule has 2 aliphatic carbocycles. The van der Waals surface area contributed by atoms with E-state index < -0.39 is 36.1 Å². The SMILES string of the molecule is CCN1C(=O)[C@H]2[C@H]3[C@H](O)[C@H](O)C/C(=N\O[C@H](C)c4cn([C@H](CO)Cc5ccccc5)nn4)[C@@H]3CC[C@H]2C1=O. The molecule has 0 radical (unpaired) electrons. The lowest BCUT2D eigenvalue weighted by molar-refractivity contribution is -0.141. The molecule has 1 saturated heterocycles. The predicted octanol–water partition coefficient (Wildman–Crippen LogP) is 1.26. The van der Waals surface area contributed by atoms with Gasteiger partial charge in [-0.15, -0.1) is 5.10 Å². The van der Waals surface area contributed by atoms with Gasteiger partial charge in [0.15, 0.2) is 6.10 Å². The van der Waals surface area contributed by atoms with Gasteiger partial charge in [-0.3, -0.25) is 14.5 Å². The number of hydrogen-bond acceptors (Lipinski definition) is 9. The van der Waals surface area contributed by atoms with Gasteiger partial charge in [0.05, 0.1) is 48.6 Å². The fraction of sp³-hybridized carbons (Fsp3) is 0.593. The second kappa shape index (κ2) is 10.9. The summed E-state index contributed by atoms with van der Waals surface area (Å²) in [4.78, 5) is 32.9. The van der Waals surface area contributed by atoms with Crippen LogP contribution in [0.3, 0.4) is 0 Å². The minimum atomic E-state index is -1.11. The number of fused-ring (bicyclic) bond motifs is 3. The van der Waals surface area contributed by atoms with Crippen molar-refractivity contribution >= 4 is 17.5 Å². The molecule has 3 fully saturated rings. The minimum Gasteiger partial charge on any atom is -0.394 e. The summed E-state index contributed by atoms with van der Waals surface area (Å²) in [5, 5.41) is 44.2. The number of nitrogens with zero attached hydrogens (tertiary/aromatic N) is 5. The molecular formula is C27H35N5O6. The van der Waals surface area contributed by atoms with E-state index in [1.54, 1.807) is 24.7 Å². The van der Waals surface area contributed by atoms with Gasteiger partial charge < -0.3 is 20.2 Å². The molecule has 0 unspecified atom stereocenters. The number of imide groups is 1. The first-order valence-electron chi connectivity index (χ1n) is 13.3. The maximum atomic E-state index is 13.0. The average molecular weight is 526 g/mol. The van der Waals surface area contributed by atoms with Crippen LogP contribution in [0.15, 0.2) is 41.7 Å². The van der Waals surface area contributed by atoms with Crippen LogP contribution >= 0.6 is 0 Å². The summed E-state index contributed by atoms with van der Waals surface area (Å²) in [6.07, 6.45) is 0.788. The minimum absolute atomic E-state index is 0.0998. The highest BCUT2D eigenvalue weighted by Gasteiger charge is 2.59. The van der Waals surface area contributed by atoms with Crippen molar-refractivity contribution in [3.63, 3.8) is 0 Å². The van der Waals surface area contributed by atoms with Gasteiger partial charge in [-0.25, -0.2) is 4.68 Å². The molecule has 0 bridgehead atoms. The maximum Gasteiger partial charge on any atom is 0.233 e. The van der Waals surface area contributed by atoms with Gasteiger partial charge in [0.25, 0.3) is 0 Å². The molecule has 5 rings (SSSR count). The van der Waals surface area contributed by atoms with Crippen LogP contribution in [-0.4, -0.2) is 78.1 Å². The van der Waals surface area contributed by atoms with Gasteiger partial charge in [-0.2, -0.15) is 0 Å². The number of hydrogen-bond donors (Lipinski definition) is 3. The Morgan fingerprint density at radius 2 is 1.87 bits per heavy atom. The van der Waals surface area contributed by atoms with Gasteiger partial charge in [-0.1, -0.05) is 40.7 Å². The number of oxime groups is 1. The molecule has 2 heterocycles. The summed E-state index contributed by atoms with van der Waals surface area (Å²) in [7, 11) is 0. The number of carbonyl (C=O) groups is 2. The smallest absolute Gasteiger partial charge is 0.233 e. The fourth-order valence-electron chi connectivity index (χ4n) is 6.33. The number of likely N-dealkylation sites (tertiary alicyclic amines) is 1. The van der Waals surface area contributed by atoms with Gasteiger partial charge in [0.1, 0.15) is 5.69 Å². The van der Waals surface area contributed by atoms with E-state index in [9.17, 15) is 24.9 Å². The number of aromatic nitrogens is 3. The van der Waals surface area contributed by atoms with Crippen molar-refractivity contribution in [1.29, 1.82) is 0 Å². The molecule has 2 saturated carbocycles. The van der Waals surface area contributed by atoms with Crippen LogP contribution in [0.25, 0.3) is 0 Å². The molecule has 3 N–H and O–H groups in total. The molecule has 2 amide bonds. The van der Waals surface area contributed by atoms with Crippen LogP contribution in [0.1, 0.15) is 56.5 Å². The fourth-order valence-corrected chi connectivity index (χ4v) is 6.33. The van der Waals surface area contributed by atoms with E-state index in [1.165, 1.54) is 4.90 Å². The van der Waals surface area contributed by atoms with E-state index in [1.807, 2.05) is 30.3 Å². The largest absolute Gasteiger partial charge is 0.394 e. The summed E-state index contributed by atoms with van der Waals surface area (Å²) >= 11 is 0. The van der Waals surface area contributed by atoms with E-state index in [-0.39, 0.29) is 36.8 Å². The zero-order valence-electron chi connectivity index (χ0n) is 21.6. The van der Waals surface area contributed by atoms with Crippen molar-refractivity contribution in [3.8, 4) is 0 Å². The Hall–Kier alpha value is -3.15. The Balaban J connectivity index is 1.30. The lowest BCUT2D eigenvalue weighted by Gasteiger charge is -2.45. The van der Waals surface area contributed by atoms with Crippen LogP contribution in [-0.2, 0) is 20.8 Å².